The van der Waals surface area contributed by atoms with Crippen molar-refractivity contribution in [3.63, 3.8) is 0 Å². The summed E-state index contributed by atoms with van der Waals surface area (Å²) in [6, 6.07) is 17.2. The second kappa shape index (κ2) is 13.3. The number of benzene rings is 2. The maximum absolute atomic E-state index is 13.5. The number of piperidine rings is 1. The van der Waals surface area contributed by atoms with Crippen LogP contribution in [0, 0.1) is 5.41 Å². The quantitative estimate of drug-likeness (QED) is 0.408. The highest BCUT2D eigenvalue weighted by atomic mass is 35.5. The van der Waals surface area contributed by atoms with E-state index in [1.54, 1.807) is 6.26 Å². The van der Waals surface area contributed by atoms with Crippen LogP contribution in [-0.4, -0.2) is 33.9 Å². The van der Waals surface area contributed by atoms with E-state index in [1.807, 2.05) is 72.5 Å². The van der Waals surface area contributed by atoms with Crippen molar-refractivity contribution < 1.29 is 9.00 Å². The van der Waals surface area contributed by atoms with Gasteiger partial charge in [0.15, 0.2) is 0 Å². The second-order valence-electron chi connectivity index (χ2n) is 8.53. The van der Waals surface area contributed by atoms with E-state index in [1.165, 1.54) is 0 Å². The molecular weight excluding hydrogens is 475 g/mol. The molecule has 1 heterocycles. The lowest BCUT2D eigenvalue weighted by Crippen LogP contribution is -2.55. The van der Waals surface area contributed by atoms with Gasteiger partial charge >= 0.3 is 0 Å². The first kappa shape index (κ1) is 27.6. The van der Waals surface area contributed by atoms with Crippen molar-refractivity contribution in [1.29, 1.82) is 0 Å². The highest BCUT2D eigenvalue weighted by molar-refractivity contribution is 7.82. The van der Waals surface area contributed by atoms with Crippen LogP contribution in [0.2, 0.25) is 10.0 Å². The SMILES string of the molecule is C=CC[C@@]1(C)CCC(c2ccc(Cl)cc2)N(C(CC)CNS(C)=O)C1=O.Clc1ccccc1. The van der Waals surface area contributed by atoms with E-state index in [0.717, 1.165) is 29.8 Å². The lowest BCUT2D eigenvalue weighted by molar-refractivity contribution is -0.152. The summed E-state index contributed by atoms with van der Waals surface area (Å²) in [7, 11) is -1.11. The minimum absolute atomic E-state index is 0.00898. The molecule has 0 aromatic heterocycles. The second-order valence-corrected chi connectivity index (χ2v) is 10.6. The van der Waals surface area contributed by atoms with E-state index in [-0.39, 0.29) is 18.0 Å². The van der Waals surface area contributed by atoms with Gasteiger partial charge < -0.3 is 4.90 Å². The lowest BCUT2D eigenvalue weighted by atomic mass is 9.74. The number of nitrogens with zero attached hydrogens (tertiary/aromatic N) is 1. The summed E-state index contributed by atoms with van der Waals surface area (Å²) in [6.07, 6.45) is 6.63. The predicted molar refractivity (Wildman–Crippen MR) is 141 cm³/mol. The normalized spacial score (nSPS) is 22.2. The minimum atomic E-state index is -1.11. The molecule has 1 N–H and O–H groups in total. The number of carbonyl (C=O) groups is 1. The highest BCUT2D eigenvalue weighted by Gasteiger charge is 2.45. The number of nitrogens with one attached hydrogen (secondary N) is 1. The van der Waals surface area contributed by atoms with E-state index in [4.69, 9.17) is 23.2 Å². The zero-order chi connectivity index (χ0) is 24.4. The molecule has 0 spiro atoms. The van der Waals surface area contributed by atoms with Gasteiger partial charge in [0.2, 0.25) is 5.91 Å². The molecule has 7 heteroatoms. The molecule has 33 heavy (non-hydrogen) atoms. The van der Waals surface area contributed by atoms with Crippen molar-refractivity contribution in [2.45, 2.75) is 51.6 Å². The molecule has 0 saturated carbocycles. The Kier molecular flexibility index (Phi) is 11.1. The van der Waals surface area contributed by atoms with Crippen LogP contribution in [0.4, 0.5) is 0 Å². The Morgan fingerprint density at radius 2 is 1.79 bits per heavy atom. The summed E-state index contributed by atoms with van der Waals surface area (Å²) >= 11 is 11.6. The van der Waals surface area contributed by atoms with E-state index >= 15 is 0 Å². The molecule has 3 rings (SSSR count). The van der Waals surface area contributed by atoms with Gasteiger partial charge in [0.1, 0.15) is 0 Å². The lowest BCUT2D eigenvalue weighted by Gasteiger charge is -2.48. The molecule has 1 aliphatic rings. The summed E-state index contributed by atoms with van der Waals surface area (Å²) in [5.41, 5.74) is 0.670. The number of hydrogen-bond donors (Lipinski definition) is 1. The van der Waals surface area contributed by atoms with Crippen LogP contribution in [0.3, 0.4) is 0 Å². The van der Waals surface area contributed by atoms with E-state index in [0.29, 0.717) is 18.0 Å². The van der Waals surface area contributed by atoms with Crippen molar-refractivity contribution in [3.05, 3.63) is 82.9 Å². The zero-order valence-corrected chi connectivity index (χ0v) is 21.9. The molecule has 1 fully saturated rings. The number of likely N-dealkylation sites (tertiary alicyclic amines) is 1. The van der Waals surface area contributed by atoms with E-state index in [2.05, 4.69) is 18.2 Å². The Morgan fingerprint density at radius 3 is 2.27 bits per heavy atom. The number of rotatable bonds is 8. The van der Waals surface area contributed by atoms with Gasteiger partial charge in [0, 0.05) is 28.9 Å². The van der Waals surface area contributed by atoms with Crippen molar-refractivity contribution >= 4 is 40.1 Å². The van der Waals surface area contributed by atoms with Gasteiger partial charge in [-0.15, -0.1) is 6.58 Å². The molecular formula is C26H34Cl2N2O2S. The standard InChI is InChI=1S/C20H29ClN2O2S.C6H5Cl/c1-5-12-20(3)13-11-18(15-7-9-16(21)10-8-15)23(19(20)24)17(6-2)14-22-26(4)25;7-6-4-2-1-3-5-6/h5,7-10,17-18,22H,1,6,11-14H2,2-4H3;1-5H/t17?,18?,20-,26?;/m0./s1. The fourth-order valence-corrected chi connectivity index (χ4v) is 4.86. The topological polar surface area (TPSA) is 49.4 Å². The third kappa shape index (κ3) is 7.96. The number of carbonyl (C=O) groups excluding carboxylic acids is 1. The maximum Gasteiger partial charge on any atom is 0.229 e. The zero-order valence-electron chi connectivity index (χ0n) is 19.6. The van der Waals surface area contributed by atoms with Crippen molar-refractivity contribution in [2.75, 3.05) is 12.8 Å². The van der Waals surface area contributed by atoms with Gasteiger partial charge in [0.05, 0.1) is 22.4 Å². The van der Waals surface area contributed by atoms with Gasteiger partial charge in [0.25, 0.3) is 0 Å². The van der Waals surface area contributed by atoms with E-state index in [9.17, 15) is 9.00 Å². The first-order chi connectivity index (χ1) is 15.7. The number of allylic oxidation sites excluding steroid dienone is 1. The Balaban J connectivity index is 0.000000468. The van der Waals surface area contributed by atoms with Crippen molar-refractivity contribution in [3.8, 4) is 0 Å². The smallest absolute Gasteiger partial charge is 0.229 e. The highest BCUT2D eigenvalue weighted by Crippen LogP contribution is 2.44. The molecule has 3 unspecified atom stereocenters. The van der Waals surface area contributed by atoms with Crippen LogP contribution in [0.15, 0.2) is 67.3 Å². The molecule has 180 valence electrons. The molecule has 4 nitrogen and oxygen atoms in total. The van der Waals surface area contributed by atoms with Gasteiger partial charge in [-0.1, -0.05) is 73.5 Å². The first-order valence-corrected chi connectivity index (χ1v) is 13.5. The van der Waals surface area contributed by atoms with Crippen LogP contribution in [-0.2, 0) is 15.8 Å². The fourth-order valence-electron chi connectivity index (χ4n) is 4.16. The van der Waals surface area contributed by atoms with Crippen LogP contribution >= 0.6 is 23.2 Å². The van der Waals surface area contributed by atoms with Crippen molar-refractivity contribution in [2.24, 2.45) is 5.41 Å². The van der Waals surface area contributed by atoms with Crippen LogP contribution in [0.5, 0.6) is 0 Å². The Labute approximate surface area is 210 Å². The molecule has 1 aliphatic heterocycles. The van der Waals surface area contributed by atoms with Crippen LogP contribution < -0.4 is 4.72 Å². The molecule has 2 aromatic rings. The van der Waals surface area contributed by atoms with Crippen LogP contribution in [0.1, 0.15) is 51.1 Å². The minimum Gasteiger partial charge on any atom is -0.331 e. The number of halogens is 2. The largest absolute Gasteiger partial charge is 0.331 e. The first-order valence-electron chi connectivity index (χ1n) is 11.2. The summed E-state index contributed by atoms with van der Waals surface area (Å²) in [5, 5.41) is 1.48. The van der Waals surface area contributed by atoms with Crippen LogP contribution in [0.25, 0.3) is 0 Å². The molecule has 0 aliphatic carbocycles. The van der Waals surface area contributed by atoms with Gasteiger partial charge in [-0.25, -0.2) is 8.93 Å². The van der Waals surface area contributed by atoms with Gasteiger partial charge in [-0.3, -0.25) is 4.79 Å². The fraction of sp³-hybridized carbons (Fsp3) is 0.423. The van der Waals surface area contributed by atoms with Gasteiger partial charge in [-0.2, -0.15) is 0 Å². The molecule has 4 atom stereocenters. The van der Waals surface area contributed by atoms with E-state index < -0.39 is 16.4 Å². The molecule has 0 bridgehead atoms. The predicted octanol–water partition coefficient (Wildman–Crippen LogP) is 6.59. The average molecular weight is 510 g/mol. The molecule has 2 aromatic carbocycles. The summed E-state index contributed by atoms with van der Waals surface area (Å²) in [6.45, 7) is 8.44. The summed E-state index contributed by atoms with van der Waals surface area (Å²) in [4.78, 5) is 15.5. The maximum atomic E-state index is 13.5. The monoisotopic (exact) mass is 508 g/mol. The number of hydrogen-bond acceptors (Lipinski definition) is 2. The molecule has 0 radical (unpaired) electrons. The molecule has 1 saturated heterocycles. The third-order valence-electron chi connectivity index (χ3n) is 6.03. The van der Waals surface area contributed by atoms with Gasteiger partial charge in [-0.05, 0) is 55.5 Å². The third-order valence-corrected chi connectivity index (χ3v) is 7.10. The summed E-state index contributed by atoms with van der Waals surface area (Å²) in [5.74, 6) is 0.152. The molecule has 1 amide bonds. The Hall–Kier alpha value is -1.66. The summed E-state index contributed by atoms with van der Waals surface area (Å²) < 4.78 is 14.5. The number of amides is 1. The Bertz CT molecular complexity index is 924. The average Bonchev–Trinajstić information content (AvgIpc) is 2.79. The van der Waals surface area contributed by atoms with Crippen molar-refractivity contribution in [1.82, 2.24) is 9.62 Å². The Morgan fingerprint density at radius 1 is 1.18 bits per heavy atom.